The summed E-state index contributed by atoms with van der Waals surface area (Å²) in [5.74, 6) is -0.824. The molecule has 0 aliphatic heterocycles. The van der Waals surface area contributed by atoms with Crippen LogP contribution < -0.4 is 10.2 Å². The maximum absolute atomic E-state index is 13.5. The zero-order valence-corrected chi connectivity index (χ0v) is 17.9. The number of phenols is 3. The van der Waals surface area contributed by atoms with Gasteiger partial charge in [-0.05, 0) is 39.7 Å². The van der Waals surface area contributed by atoms with Gasteiger partial charge in [-0.3, -0.25) is 4.79 Å². The molecule has 2 aromatic carbocycles. The number of ether oxygens (including phenoxy) is 1. The molecule has 0 amide bonds. The van der Waals surface area contributed by atoms with Crippen molar-refractivity contribution >= 4 is 28.0 Å². The minimum absolute atomic E-state index is 0.0296. The Morgan fingerprint density at radius 1 is 1.16 bits per heavy atom. The fraction of sp³-hybridized carbons (Fsp3) is 0.292. The lowest BCUT2D eigenvalue weighted by atomic mass is 9.94. The SMILES string of the molecule is C=C(C)/C=C/c1c(O)cc2oc3cc(O)c(OC)c(CCC(C)(C)O)c3c(=O)c2c1O. The van der Waals surface area contributed by atoms with Gasteiger partial charge in [0.05, 0.1) is 23.7 Å². The molecule has 1 heterocycles. The molecule has 0 aliphatic carbocycles. The van der Waals surface area contributed by atoms with E-state index >= 15 is 0 Å². The molecule has 4 N–H and O–H groups in total. The summed E-state index contributed by atoms with van der Waals surface area (Å²) in [4.78, 5) is 13.5. The van der Waals surface area contributed by atoms with Gasteiger partial charge in [-0.25, -0.2) is 0 Å². The molecule has 1 aromatic heterocycles. The fourth-order valence-electron chi connectivity index (χ4n) is 3.49. The monoisotopic (exact) mass is 426 g/mol. The van der Waals surface area contributed by atoms with E-state index < -0.39 is 16.8 Å². The second-order valence-electron chi connectivity index (χ2n) is 8.24. The number of aliphatic hydroxyl groups is 1. The van der Waals surface area contributed by atoms with Crippen molar-refractivity contribution in [3.63, 3.8) is 0 Å². The maximum atomic E-state index is 13.5. The molecule has 164 valence electrons. The Morgan fingerprint density at radius 2 is 1.77 bits per heavy atom. The standard InChI is InChI=1S/C24H26O7/c1-12(2)6-7-13-15(25)10-18-20(21(13)27)22(28)19-14(8-9-24(3,4)29)23(30-5)16(26)11-17(19)31-18/h6-7,10-11,25-27,29H,1,8-9H2,2-5H3/b7-6+. The quantitative estimate of drug-likeness (QED) is 0.341. The van der Waals surface area contributed by atoms with Gasteiger partial charge in [-0.2, -0.15) is 0 Å². The molecule has 0 fully saturated rings. The van der Waals surface area contributed by atoms with E-state index in [4.69, 9.17) is 9.15 Å². The lowest BCUT2D eigenvalue weighted by Crippen LogP contribution is -2.20. The van der Waals surface area contributed by atoms with Crippen molar-refractivity contribution in [1.29, 1.82) is 0 Å². The first kappa shape index (κ1) is 22.2. The Bertz CT molecular complexity index is 1270. The van der Waals surface area contributed by atoms with Crippen LogP contribution >= 0.6 is 0 Å². The first-order valence-electron chi connectivity index (χ1n) is 9.75. The smallest absolute Gasteiger partial charge is 0.204 e. The number of benzene rings is 2. The van der Waals surface area contributed by atoms with Crippen LogP contribution in [0.3, 0.4) is 0 Å². The largest absolute Gasteiger partial charge is 0.507 e. The highest BCUT2D eigenvalue weighted by Gasteiger charge is 2.24. The van der Waals surface area contributed by atoms with Crippen LogP contribution in [0.2, 0.25) is 0 Å². The van der Waals surface area contributed by atoms with Crippen LogP contribution in [0.5, 0.6) is 23.0 Å². The predicted molar refractivity (Wildman–Crippen MR) is 120 cm³/mol. The molecule has 0 spiro atoms. The van der Waals surface area contributed by atoms with Gasteiger partial charge >= 0.3 is 0 Å². The molecule has 0 atom stereocenters. The van der Waals surface area contributed by atoms with E-state index in [1.54, 1.807) is 26.8 Å². The summed E-state index contributed by atoms with van der Waals surface area (Å²) in [5.41, 5.74) is -0.397. The zero-order valence-electron chi connectivity index (χ0n) is 17.9. The fourth-order valence-corrected chi connectivity index (χ4v) is 3.49. The lowest BCUT2D eigenvalue weighted by molar-refractivity contribution is 0.0713. The van der Waals surface area contributed by atoms with Gasteiger partial charge in [0.25, 0.3) is 0 Å². The maximum Gasteiger partial charge on any atom is 0.204 e. The Kier molecular flexibility index (Phi) is 5.74. The second-order valence-corrected chi connectivity index (χ2v) is 8.24. The van der Waals surface area contributed by atoms with E-state index in [-0.39, 0.29) is 57.6 Å². The molecule has 7 nitrogen and oxygen atoms in total. The second kappa shape index (κ2) is 8.00. The van der Waals surface area contributed by atoms with Gasteiger partial charge in [0, 0.05) is 17.7 Å². The van der Waals surface area contributed by atoms with Crippen molar-refractivity contribution in [2.45, 2.75) is 39.2 Å². The van der Waals surface area contributed by atoms with E-state index in [0.29, 0.717) is 11.1 Å². The normalized spacial score (nSPS) is 12.2. The number of aromatic hydroxyl groups is 3. The summed E-state index contributed by atoms with van der Waals surface area (Å²) in [6, 6.07) is 2.50. The number of rotatable bonds is 6. The number of hydrogen-bond donors (Lipinski definition) is 4. The van der Waals surface area contributed by atoms with E-state index in [1.165, 1.54) is 25.3 Å². The van der Waals surface area contributed by atoms with Gasteiger partial charge in [-0.1, -0.05) is 18.2 Å². The summed E-state index contributed by atoms with van der Waals surface area (Å²) in [6.45, 7) is 8.76. The van der Waals surface area contributed by atoms with Crippen molar-refractivity contribution in [3.8, 4) is 23.0 Å². The first-order valence-corrected chi connectivity index (χ1v) is 9.75. The minimum atomic E-state index is -1.02. The predicted octanol–water partition coefficient (Wildman–Crippen LogP) is 4.36. The number of allylic oxidation sites excluding steroid dienone is 2. The molecule has 3 rings (SSSR count). The van der Waals surface area contributed by atoms with Crippen molar-refractivity contribution in [3.05, 3.63) is 51.7 Å². The molecule has 7 heteroatoms. The molecule has 0 saturated heterocycles. The molecule has 0 saturated carbocycles. The zero-order chi connectivity index (χ0) is 23.1. The Labute approximate surface area is 179 Å². The van der Waals surface area contributed by atoms with Crippen molar-refractivity contribution in [1.82, 2.24) is 0 Å². The molecular formula is C24H26O7. The van der Waals surface area contributed by atoms with Crippen molar-refractivity contribution in [2.24, 2.45) is 0 Å². The van der Waals surface area contributed by atoms with Crippen LogP contribution in [-0.2, 0) is 6.42 Å². The third-order valence-electron chi connectivity index (χ3n) is 5.00. The lowest BCUT2D eigenvalue weighted by Gasteiger charge is -2.19. The van der Waals surface area contributed by atoms with Gasteiger partial charge < -0.3 is 29.6 Å². The molecule has 31 heavy (non-hydrogen) atoms. The Balaban J connectivity index is 2.42. The highest BCUT2D eigenvalue weighted by Crippen LogP contribution is 2.41. The van der Waals surface area contributed by atoms with Crippen LogP contribution in [0.25, 0.3) is 28.0 Å². The third-order valence-corrected chi connectivity index (χ3v) is 5.00. The van der Waals surface area contributed by atoms with Gasteiger partial charge in [0.15, 0.2) is 11.5 Å². The highest BCUT2D eigenvalue weighted by molar-refractivity contribution is 5.99. The molecule has 0 radical (unpaired) electrons. The van der Waals surface area contributed by atoms with Gasteiger partial charge in [0.1, 0.15) is 28.1 Å². The number of aryl methyl sites for hydroxylation is 1. The Morgan fingerprint density at radius 3 is 2.35 bits per heavy atom. The van der Waals surface area contributed by atoms with Crippen LogP contribution in [0.4, 0.5) is 0 Å². The van der Waals surface area contributed by atoms with Gasteiger partial charge in [0.2, 0.25) is 5.43 Å². The topological polar surface area (TPSA) is 120 Å². The van der Waals surface area contributed by atoms with Crippen LogP contribution in [0.1, 0.15) is 38.3 Å². The van der Waals surface area contributed by atoms with E-state index in [1.807, 2.05) is 0 Å². The molecule has 0 unspecified atom stereocenters. The van der Waals surface area contributed by atoms with Crippen LogP contribution in [0, 0.1) is 0 Å². The van der Waals surface area contributed by atoms with E-state index in [9.17, 15) is 25.2 Å². The number of methoxy groups -OCH3 is 1. The highest BCUT2D eigenvalue weighted by atomic mass is 16.5. The van der Waals surface area contributed by atoms with E-state index in [0.717, 1.165) is 0 Å². The van der Waals surface area contributed by atoms with Crippen LogP contribution in [-0.4, -0.2) is 33.1 Å². The summed E-state index contributed by atoms with van der Waals surface area (Å²) < 4.78 is 11.1. The average Bonchev–Trinajstić information content (AvgIpc) is 2.64. The third kappa shape index (κ3) is 4.22. The average molecular weight is 426 g/mol. The first-order chi connectivity index (χ1) is 14.4. The summed E-state index contributed by atoms with van der Waals surface area (Å²) in [6.07, 6.45) is 3.56. The number of fused-ring (bicyclic) bond motifs is 2. The van der Waals surface area contributed by atoms with Crippen molar-refractivity contribution in [2.75, 3.05) is 7.11 Å². The molecule has 0 aliphatic rings. The summed E-state index contributed by atoms with van der Waals surface area (Å²) in [5, 5.41) is 41.7. The molecule has 0 bridgehead atoms. The minimum Gasteiger partial charge on any atom is -0.507 e. The van der Waals surface area contributed by atoms with Crippen LogP contribution in [0.15, 0.2) is 39.6 Å². The number of hydrogen-bond acceptors (Lipinski definition) is 7. The van der Waals surface area contributed by atoms with E-state index in [2.05, 4.69) is 6.58 Å². The Hall–Kier alpha value is -3.45. The summed E-state index contributed by atoms with van der Waals surface area (Å²) >= 11 is 0. The number of phenolic OH excluding ortho intramolecular Hbond substituents is 3. The van der Waals surface area contributed by atoms with Gasteiger partial charge in [-0.15, -0.1) is 0 Å². The summed E-state index contributed by atoms with van der Waals surface area (Å²) in [7, 11) is 1.37. The molecular weight excluding hydrogens is 400 g/mol. The van der Waals surface area contributed by atoms with Crippen molar-refractivity contribution < 1.29 is 29.6 Å². The molecule has 3 aromatic rings.